The van der Waals surface area contributed by atoms with Crippen molar-refractivity contribution in [1.82, 2.24) is 40.1 Å². The van der Waals surface area contributed by atoms with Gasteiger partial charge in [-0.15, -0.1) is 15.3 Å². The lowest BCUT2D eigenvalue weighted by atomic mass is 9.71. The lowest BCUT2D eigenvalue weighted by Crippen LogP contribution is -2.41. The molecule has 0 spiro atoms. The van der Waals surface area contributed by atoms with Crippen LogP contribution >= 0.6 is 0 Å². The first kappa shape index (κ1) is 17.6. The molecule has 0 aliphatic heterocycles. The molecule has 142 valence electrons. The number of aromatic nitrogens is 7. The lowest BCUT2D eigenvalue weighted by Gasteiger charge is -2.37. The van der Waals surface area contributed by atoms with Gasteiger partial charge in [0.05, 0.1) is 6.54 Å². The summed E-state index contributed by atoms with van der Waals surface area (Å²) in [7, 11) is 0. The molecule has 0 atom stereocenters. The highest BCUT2D eigenvalue weighted by Crippen LogP contribution is 2.38. The van der Waals surface area contributed by atoms with E-state index in [1.54, 1.807) is 4.68 Å². The van der Waals surface area contributed by atoms with Crippen LogP contribution in [0.15, 0.2) is 30.7 Å². The van der Waals surface area contributed by atoms with E-state index in [1.807, 2.05) is 24.4 Å². The number of rotatable bonds is 7. The van der Waals surface area contributed by atoms with Crippen LogP contribution in [0, 0.1) is 5.41 Å². The molecule has 27 heavy (non-hydrogen) atoms. The Morgan fingerprint density at radius 1 is 1.19 bits per heavy atom. The summed E-state index contributed by atoms with van der Waals surface area (Å²) in [5.74, 6) is 0.997. The molecule has 3 heterocycles. The number of amides is 1. The molecule has 1 aliphatic rings. The Kier molecular flexibility index (Phi) is 5.08. The van der Waals surface area contributed by atoms with Gasteiger partial charge in [-0.05, 0) is 40.8 Å². The third kappa shape index (κ3) is 4.12. The van der Waals surface area contributed by atoms with Crippen molar-refractivity contribution in [1.29, 1.82) is 0 Å². The maximum absolute atomic E-state index is 12.3. The zero-order valence-electron chi connectivity index (χ0n) is 15.3. The van der Waals surface area contributed by atoms with Gasteiger partial charge in [0.2, 0.25) is 5.91 Å². The molecule has 1 fully saturated rings. The number of pyridine rings is 1. The third-order valence-electron chi connectivity index (χ3n) is 5.45. The molecule has 0 aromatic carbocycles. The minimum Gasteiger partial charge on any atom is -0.355 e. The predicted octanol–water partition coefficient (Wildman–Crippen LogP) is 1.42. The number of fused-ring (bicyclic) bond motifs is 1. The van der Waals surface area contributed by atoms with E-state index in [0.29, 0.717) is 19.5 Å². The molecule has 4 rings (SSSR count). The molecule has 0 saturated heterocycles. The van der Waals surface area contributed by atoms with Crippen LogP contribution in [-0.2, 0) is 17.8 Å². The Bertz CT molecular complexity index is 882. The largest absolute Gasteiger partial charge is 0.355 e. The number of carbonyl (C=O) groups is 1. The van der Waals surface area contributed by atoms with Crippen molar-refractivity contribution in [2.24, 2.45) is 5.41 Å². The third-order valence-corrected chi connectivity index (χ3v) is 5.45. The highest BCUT2D eigenvalue weighted by Gasteiger charge is 2.34. The minimum absolute atomic E-state index is 0.0292. The van der Waals surface area contributed by atoms with E-state index in [4.69, 9.17) is 0 Å². The van der Waals surface area contributed by atoms with Gasteiger partial charge in [-0.1, -0.05) is 25.3 Å². The normalized spacial score (nSPS) is 16.4. The molecule has 1 N–H and O–H groups in total. The van der Waals surface area contributed by atoms with Crippen LogP contribution in [0.25, 0.3) is 5.65 Å². The van der Waals surface area contributed by atoms with Gasteiger partial charge in [0.15, 0.2) is 5.65 Å². The van der Waals surface area contributed by atoms with Crippen molar-refractivity contribution in [3.8, 4) is 0 Å². The van der Waals surface area contributed by atoms with Gasteiger partial charge in [-0.3, -0.25) is 9.20 Å². The molecule has 0 unspecified atom stereocenters. The Balaban J connectivity index is 1.41. The maximum Gasteiger partial charge on any atom is 0.221 e. The molecule has 3 aromatic rings. The van der Waals surface area contributed by atoms with Crippen LogP contribution in [-0.4, -0.2) is 47.3 Å². The van der Waals surface area contributed by atoms with Crippen LogP contribution in [0.4, 0.5) is 0 Å². The first-order chi connectivity index (χ1) is 13.2. The van der Waals surface area contributed by atoms with Crippen LogP contribution in [0.5, 0.6) is 0 Å². The van der Waals surface area contributed by atoms with E-state index in [2.05, 4.69) is 35.4 Å². The van der Waals surface area contributed by atoms with E-state index < -0.39 is 0 Å². The van der Waals surface area contributed by atoms with Gasteiger partial charge >= 0.3 is 0 Å². The van der Waals surface area contributed by atoms with E-state index >= 15 is 0 Å². The molecule has 9 nitrogen and oxygen atoms in total. The first-order valence-corrected chi connectivity index (χ1v) is 9.50. The van der Waals surface area contributed by atoms with Crippen molar-refractivity contribution in [3.05, 3.63) is 36.5 Å². The monoisotopic (exact) mass is 368 g/mol. The fourth-order valence-electron chi connectivity index (χ4n) is 3.94. The Morgan fingerprint density at radius 2 is 2.07 bits per heavy atom. The van der Waals surface area contributed by atoms with Crippen molar-refractivity contribution in [3.63, 3.8) is 0 Å². The Morgan fingerprint density at radius 3 is 2.89 bits per heavy atom. The van der Waals surface area contributed by atoms with E-state index in [9.17, 15) is 4.79 Å². The van der Waals surface area contributed by atoms with Crippen LogP contribution in [0.3, 0.4) is 0 Å². The number of nitrogens with zero attached hydrogens (tertiary/aromatic N) is 7. The van der Waals surface area contributed by atoms with Crippen molar-refractivity contribution < 1.29 is 4.79 Å². The number of hydrogen-bond donors (Lipinski definition) is 1. The summed E-state index contributed by atoms with van der Waals surface area (Å²) in [5, 5.41) is 22.8. The van der Waals surface area contributed by atoms with Gasteiger partial charge in [-0.25, -0.2) is 4.68 Å². The fraction of sp³-hybridized carbons (Fsp3) is 0.556. The number of aryl methyl sites for hydroxylation is 1. The van der Waals surface area contributed by atoms with Crippen LogP contribution < -0.4 is 5.32 Å². The number of hydrogen-bond acceptors (Lipinski definition) is 6. The molecule has 0 bridgehead atoms. The van der Waals surface area contributed by atoms with E-state index in [-0.39, 0.29) is 11.3 Å². The quantitative estimate of drug-likeness (QED) is 0.676. The first-order valence-electron chi connectivity index (χ1n) is 9.50. The summed E-state index contributed by atoms with van der Waals surface area (Å²) in [4.78, 5) is 12.3. The van der Waals surface area contributed by atoms with Gasteiger partial charge in [0.25, 0.3) is 0 Å². The second kappa shape index (κ2) is 7.81. The van der Waals surface area contributed by atoms with Crippen molar-refractivity contribution in [2.75, 3.05) is 6.54 Å². The topological polar surface area (TPSA) is 103 Å². The zero-order valence-corrected chi connectivity index (χ0v) is 15.3. The van der Waals surface area contributed by atoms with Crippen molar-refractivity contribution >= 4 is 11.6 Å². The summed E-state index contributed by atoms with van der Waals surface area (Å²) in [6.45, 7) is 1.16. The number of nitrogens with one attached hydrogen (secondary N) is 1. The molecule has 3 aromatic heterocycles. The van der Waals surface area contributed by atoms with Crippen molar-refractivity contribution in [2.45, 2.75) is 51.5 Å². The number of carbonyl (C=O) groups excluding carboxylic acids is 1. The fourth-order valence-corrected chi connectivity index (χ4v) is 3.94. The molecule has 0 radical (unpaired) electrons. The molecule has 9 heteroatoms. The van der Waals surface area contributed by atoms with Gasteiger partial charge < -0.3 is 5.32 Å². The molecule has 1 aliphatic carbocycles. The van der Waals surface area contributed by atoms with Gasteiger partial charge in [-0.2, -0.15) is 0 Å². The highest BCUT2D eigenvalue weighted by atomic mass is 16.1. The average molecular weight is 368 g/mol. The second-order valence-electron chi connectivity index (χ2n) is 7.38. The SMILES string of the molecule is O=C(CCn1cnnn1)NCC1(Cc2nnc3ccccn23)CCCCC1. The predicted molar refractivity (Wildman–Crippen MR) is 97.7 cm³/mol. The zero-order chi connectivity index (χ0) is 18.5. The summed E-state index contributed by atoms with van der Waals surface area (Å²) in [6.07, 6.45) is 10.6. The smallest absolute Gasteiger partial charge is 0.221 e. The van der Waals surface area contributed by atoms with E-state index in [0.717, 1.165) is 30.7 Å². The Hall–Kier alpha value is -2.84. The highest BCUT2D eigenvalue weighted by molar-refractivity contribution is 5.75. The van der Waals surface area contributed by atoms with E-state index in [1.165, 1.54) is 25.6 Å². The summed E-state index contributed by atoms with van der Waals surface area (Å²) in [6, 6.07) is 5.92. The summed E-state index contributed by atoms with van der Waals surface area (Å²) in [5.41, 5.74) is 0.908. The molecular weight excluding hydrogens is 344 g/mol. The standard InChI is InChI=1S/C18H24N8O/c27-17(7-11-25-14-20-23-24-25)19-13-18(8-3-1-4-9-18)12-16-22-21-15-6-2-5-10-26(15)16/h2,5-6,10,14H,1,3-4,7-9,11-13H2,(H,19,27). The number of tetrazole rings is 1. The Labute approximate surface area is 157 Å². The van der Waals surface area contributed by atoms with Crippen LogP contribution in [0.2, 0.25) is 0 Å². The maximum atomic E-state index is 12.3. The van der Waals surface area contributed by atoms with Crippen LogP contribution in [0.1, 0.15) is 44.3 Å². The molecular formula is C18H24N8O. The average Bonchev–Trinajstić information content (AvgIpc) is 3.36. The molecule has 1 saturated carbocycles. The second-order valence-corrected chi connectivity index (χ2v) is 7.38. The minimum atomic E-state index is 0.0292. The molecule has 1 amide bonds. The summed E-state index contributed by atoms with van der Waals surface area (Å²) >= 11 is 0. The summed E-state index contributed by atoms with van der Waals surface area (Å²) < 4.78 is 3.62. The lowest BCUT2D eigenvalue weighted by molar-refractivity contribution is -0.122. The van der Waals surface area contributed by atoms with Gasteiger partial charge in [0.1, 0.15) is 12.2 Å². The van der Waals surface area contributed by atoms with Gasteiger partial charge in [0, 0.05) is 25.6 Å².